The molecule has 0 aliphatic carbocycles. The monoisotopic (exact) mass is 558 g/mol. The molecule has 2 atom stereocenters. The zero-order valence-electron chi connectivity index (χ0n) is 23.4. The summed E-state index contributed by atoms with van der Waals surface area (Å²) >= 11 is 0. The van der Waals surface area contributed by atoms with Crippen LogP contribution in [0.4, 0.5) is 5.95 Å². The molecule has 3 aromatic heterocycles. The minimum Gasteiger partial charge on any atom is -0.489 e. The number of hydrogen-bond donors (Lipinski definition) is 3. The maximum absolute atomic E-state index is 13.3. The fourth-order valence-corrected chi connectivity index (χ4v) is 5.19. The minimum atomic E-state index is -0.593. The second-order valence-corrected chi connectivity index (χ2v) is 10.3. The number of nitrogens with one attached hydrogen (secondary N) is 2. The number of nitrogens with zero attached hydrogens (tertiary/aromatic N) is 5. The number of primary amides is 1. The van der Waals surface area contributed by atoms with E-state index in [1.807, 2.05) is 37.5 Å². The van der Waals surface area contributed by atoms with E-state index in [4.69, 9.17) is 10.5 Å². The number of hydrogen-bond acceptors (Lipinski definition) is 7. The molecule has 0 spiro atoms. The summed E-state index contributed by atoms with van der Waals surface area (Å²) in [5.74, 6) is -0.303. The molecule has 214 valence electrons. The van der Waals surface area contributed by atoms with Gasteiger partial charge in [0.1, 0.15) is 23.6 Å². The van der Waals surface area contributed by atoms with E-state index < -0.39 is 5.91 Å². The zero-order valence-corrected chi connectivity index (χ0v) is 23.4. The first-order chi connectivity index (χ1) is 19.7. The van der Waals surface area contributed by atoms with Crippen molar-refractivity contribution in [3.8, 4) is 5.75 Å². The maximum Gasteiger partial charge on any atom is 0.276 e. The van der Waals surface area contributed by atoms with Crippen molar-refractivity contribution in [2.24, 2.45) is 11.7 Å². The summed E-state index contributed by atoms with van der Waals surface area (Å²) in [6, 6.07) is 8.59. The number of amides is 3. The van der Waals surface area contributed by atoms with Crippen LogP contribution in [0, 0.1) is 12.8 Å². The number of carbonyl (C=O) groups is 3. The lowest BCUT2D eigenvalue weighted by Gasteiger charge is -2.27. The first-order valence-corrected chi connectivity index (χ1v) is 13.8. The molecule has 12 heteroatoms. The Morgan fingerprint density at radius 1 is 1.24 bits per heavy atom. The number of aromatic nitrogens is 5. The molecule has 0 saturated carbocycles. The zero-order chi connectivity index (χ0) is 29.1. The molecule has 4 heterocycles. The van der Waals surface area contributed by atoms with E-state index in [0.717, 1.165) is 11.3 Å². The molecule has 0 bridgehead atoms. The molecule has 1 aliphatic rings. The molecular weight excluding hydrogens is 524 g/mol. The number of carbonyl (C=O) groups excluding carboxylic acids is 3. The molecule has 0 saturated heterocycles. The molecule has 1 aromatic carbocycles. The van der Waals surface area contributed by atoms with Crippen LogP contribution in [0.1, 0.15) is 64.8 Å². The molecule has 0 radical (unpaired) electrons. The number of anilines is 1. The van der Waals surface area contributed by atoms with Gasteiger partial charge in [-0.2, -0.15) is 5.10 Å². The van der Waals surface area contributed by atoms with Crippen molar-refractivity contribution in [2.75, 3.05) is 18.5 Å². The number of imidazole rings is 1. The van der Waals surface area contributed by atoms with Gasteiger partial charge in [-0.3, -0.25) is 29.4 Å². The molecule has 4 N–H and O–H groups in total. The number of benzene rings is 1. The third kappa shape index (κ3) is 5.91. The van der Waals surface area contributed by atoms with Crippen LogP contribution in [0.25, 0.3) is 11.0 Å². The highest BCUT2D eigenvalue weighted by Gasteiger charge is 2.29. The number of ether oxygens (including phenoxy) is 1. The molecular formula is C29H34N8O4. The van der Waals surface area contributed by atoms with E-state index in [-0.39, 0.29) is 29.3 Å². The van der Waals surface area contributed by atoms with Crippen molar-refractivity contribution >= 4 is 34.7 Å². The highest BCUT2D eigenvalue weighted by atomic mass is 16.5. The van der Waals surface area contributed by atoms with E-state index in [2.05, 4.69) is 25.7 Å². The van der Waals surface area contributed by atoms with E-state index in [9.17, 15) is 14.4 Å². The highest BCUT2D eigenvalue weighted by molar-refractivity contribution is 6.04. The maximum atomic E-state index is 13.3. The number of pyridine rings is 1. The number of aryl methyl sites for hydroxylation is 2. The minimum absolute atomic E-state index is 0.0149. The highest BCUT2D eigenvalue weighted by Crippen LogP contribution is 2.38. The predicted octanol–water partition coefficient (Wildman–Crippen LogP) is 3.02. The summed E-state index contributed by atoms with van der Waals surface area (Å²) in [4.78, 5) is 46.6. The van der Waals surface area contributed by atoms with Crippen molar-refractivity contribution in [3.63, 3.8) is 0 Å². The lowest BCUT2D eigenvalue weighted by atomic mass is 10.0. The summed E-state index contributed by atoms with van der Waals surface area (Å²) in [5.41, 5.74) is 9.16. The van der Waals surface area contributed by atoms with Crippen LogP contribution in [-0.2, 0) is 17.8 Å². The smallest absolute Gasteiger partial charge is 0.276 e. The summed E-state index contributed by atoms with van der Waals surface area (Å²) < 4.78 is 9.62. The van der Waals surface area contributed by atoms with Crippen molar-refractivity contribution in [3.05, 3.63) is 65.2 Å². The molecule has 5 rings (SSSR count). The Kier molecular flexibility index (Phi) is 7.99. The first-order valence-electron chi connectivity index (χ1n) is 13.8. The van der Waals surface area contributed by atoms with Crippen molar-refractivity contribution < 1.29 is 19.1 Å². The predicted molar refractivity (Wildman–Crippen MR) is 153 cm³/mol. The third-order valence-corrected chi connectivity index (χ3v) is 7.22. The molecule has 1 aliphatic heterocycles. The first kappa shape index (κ1) is 27.8. The summed E-state index contributed by atoms with van der Waals surface area (Å²) in [7, 11) is 0. The van der Waals surface area contributed by atoms with Crippen LogP contribution in [0.5, 0.6) is 5.75 Å². The largest absolute Gasteiger partial charge is 0.489 e. The molecule has 0 fully saturated rings. The van der Waals surface area contributed by atoms with Gasteiger partial charge in [-0.1, -0.05) is 13.0 Å². The fraction of sp³-hybridized carbons (Fsp3) is 0.379. The second kappa shape index (κ2) is 11.8. The average molecular weight is 559 g/mol. The van der Waals surface area contributed by atoms with Gasteiger partial charge in [0.15, 0.2) is 0 Å². The number of nitrogens with two attached hydrogens (primary N) is 1. The summed E-state index contributed by atoms with van der Waals surface area (Å²) in [6.07, 6.45) is 5.45. The van der Waals surface area contributed by atoms with E-state index >= 15 is 0 Å². The standard InChI is InChI=1S/C29H34N8O4/c1-4-36-23(12-18(3)35-36)28(40)34-29-33-22-13-20(26(30)38)14-24-25(22)37(29)21(16-41-24)8-6-10-32-27(39)17(2)11-19-7-5-9-31-15-19/h5,7,9,12-15,17,21H,4,6,8,10-11,16H2,1-3H3,(H2,30,38)(H,32,39)(H,33,34,40)/t17?,21-/m0/s1. The topological polar surface area (TPSA) is 159 Å². The normalized spacial score (nSPS) is 14.9. The molecule has 41 heavy (non-hydrogen) atoms. The lowest BCUT2D eigenvalue weighted by molar-refractivity contribution is -0.124. The second-order valence-electron chi connectivity index (χ2n) is 10.3. The molecule has 3 amide bonds. The van der Waals surface area contributed by atoms with Crippen molar-refractivity contribution in [2.45, 2.75) is 52.6 Å². The Morgan fingerprint density at radius 3 is 2.80 bits per heavy atom. The number of rotatable bonds is 11. The fourth-order valence-electron chi connectivity index (χ4n) is 5.19. The lowest BCUT2D eigenvalue weighted by Crippen LogP contribution is -2.32. The summed E-state index contributed by atoms with van der Waals surface area (Å²) in [6.45, 7) is 7.00. The van der Waals surface area contributed by atoms with Crippen molar-refractivity contribution in [1.82, 2.24) is 29.6 Å². The quantitative estimate of drug-likeness (QED) is 0.239. The van der Waals surface area contributed by atoms with E-state index in [0.29, 0.717) is 67.4 Å². The van der Waals surface area contributed by atoms with Crippen LogP contribution in [0.3, 0.4) is 0 Å². The van der Waals surface area contributed by atoms with Gasteiger partial charge in [-0.05, 0) is 62.9 Å². The van der Waals surface area contributed by atoms with Crippen molar-refractivity contribution in [1.29, 1.82) is 0 Å². The van der Waals surface area contributed by atoms with Gasteiger partial charge >= 0.3 is 0 Å². The van der Waals surface area contributed by atoms with Crippen LogP contribution >= 0.6 is 0 Å². The average Bonchev–Trinajstić information content (AvgIpc) is 3.53. The van der Waals surface area contributed by atoms with Gasteiger partial charge in [-0.25, -0.2) is 4.98 Å². The molecule has 4 aromatic rings. The molecule has 1 unspecified atom stereocenters. The SMILES string of the molecule is CCn1nc(C)cc1C(=O)Nc1nc2cc(C(N)=O)cc3c2n1[C@@H](CCCNC(=O)C(C)Cc1cccnc1)CO3. The van der Waals surface area contributed by atoms with Gasteiger partial charge in [0.05, 0.1) is 17.3 Å². The third-order valence-electron chi connectivity index (χ3n) is 7.22. The van der Waals surface area contributed by atoms with Crippen LogP contribution < -0.4 is 21.1 Å². The van der Waals surface area contributed by atoms with Crippen LogP contribution in [0.2, 0.25) is 0 Å². The Labute approximate surface area is 237 Å². The Balaban J connectivity index is 1.32. The van der Waals surface area contributed by atoms with Crippen LogP contribution in [-0.4, -0.2) is 55.2 Å². The van der Waals surface area contributed by atoms with Gasteiger partial charge in [0.2, 0.25) is 17.8 Å². The van der Waals surface area contributed by atoms with Gasteiger partial charge < -0.3 is 20.4 Å². The Morgan fingerprint density at radius 2 is 2.07 bits per heavy atom. The van der Waals surface area contributed by atoms with Crippen LogP contribution in [0.15, 0.2) is 42.7 Å². The van der Waals surface area contributed by atoms with E-state index in [1.54, 1.807) is 35.3 Å². The van der Waals surface area contributed by atoms with Gasteiger partial charge in [0.25, 0.3) is 5.91 Å². The molecule has 12 nitrogen and oxygen atoms in total. The van der Waals surface area contributed by atoms with E-state index in [1.165, 1.54) is 0 Å². The van der Waals surface area contributed by atoms with Gasteiger partial charge in [-0.15, -0.1) is 0 Å². The Bertz CT molecular complexity index is 1590. The van der Waals surface area contributed by atoms with Gasteiger partial charge in [0, 0.05) is 37.0 Å². The summed E-state index contributed by atoms with van der Waals surface area (Å²) in [5, 5.41) is 10.3. The Hall–Kier alpha value is -4.74.